The highest BCUT2D eigenvalue weighted by Crippen LogP contribution is 2.21. The van der Waals surface area contributed by atoms with Crippen LogP contribution in [-0.2, 0) is 20.1 Å². The zero-order chi connectivity index (χ0) is 11.5. The molecule has 15 heavy (non-hydrogen) atoms. The second-order valence-corrected chi connectivity index (χ2v) is 4.29. The fraction of sp³-hybridized carbons (Fsp3) is 0.250. The van der Waals surface area contributed by atoms with Gasteiger partial charge in [-0.15, -0.1) is 13.2 Å². The summed E-state index contributed by atoms with van der Waals surface area (Å²) in [5.74, 6) is -0.798. The molecular weight excluding hydrogens is 233 g/mol. The van der Waals surface area contributed by atoms with Crippen LogP contribution in [0.4, 0.5) is 13.2 Å². The van der Waals surface area contributed by atoms with E-state index in [2.05, 4.69) is 4.18 Å². The van der Waals surface area contributed by atoms with E-state index in [0.29, 0.717) is 0 Å². The Hall–Kier alpha value is -1.08. The van der Waals surface area contributed by atoms with Gasteiger partial charge in [0.2, 0.25) is 0 Å². The van der Waals surface area contributed by atoms with Crippen molar-refractivity contribution in [2.45, 2.75) is 12.1 Å². The van der Waals surface area contributed by atoms with Crippen molar-refractivity contribution >= 4 is 10.1 Å². The van der Waals surface area contributed by atoms with Crippen molar-refractivity contribution in [2.24, 2.45) is 0 Å². The minimum Gasteiger partial charge on any atom is -0.199 e. The fourth-order valence-corrected chi connectivity index (χ4v) is 1.90. The summed E-state index contributed by atoms with van der Waals surface area (Å²) in [7, 11) is -4.62. The molecule has 0 aliphatic carbocycles. The summed E-state index contributed by atoms with van der Waals surface area (Å²) in [6.45, 7) is 0. The molecule has 0 amide bonds. The van der Waals surface area contributed by atoms with Crippen molar-refractivity contribution in [3.8, 4) is 0 Å². The van der Waals surface area contributed by atoms with E-state index < -0.39 is 22.2 Å². The Bertz CT molecular complexity index is 411. The Morgan fingerprint density at radius 1 is 1.13 bits per heavy atom. The van der Waals surface area contributed by atoms with E-state index >= 15 is 0 Å². The van der Waals surface area contributed by atoms with Crippen LogP contribution in [-0.4, -0.2) is 14.8 Å². The van der Waals surface area contributed by atoms with Crippen LogP contribution in [0.25, 0.3) is 0 Å². The van der Waals surface area contributed by atoms with Gasteiger partial charge in [-0.1, -0.05) is 30.3 Å². The summed E-state index contributed by atoms with van der Waals surface area (Å²) in [5, 5.41) is 0. The molecule has 0 bridgehead atoms. The zero-order valence-corrected chi connectivity index (χ0v) is 8.18. The van der Waals surface area contributed by atoms with Gasteiger partial charge >= 0.3 is 6.36 Å². The molecule has 0 aliphatic rings. The van der Waals surface area contributed by atoms with Crippen molar-refractivity contribution in [1.29, 1.82) is 0 Å². The molecule has 84 valence electrons. The highest BCUT2D eigenvalue weighted by molar-refractivity contribution is 7.85. The van der Waals surface area contributed by atoms with Gasteiger partial charge in [-0.05, 0) is 5.56 Å². The highest BCUT2D eigenvalue weighted by atomic mass is 32.2. The predicted octanol–water partition coefficient (Wildman–Crippen LogP) is 2.05. The maximum atomic E-state index is 11.7. The number of rotatable bonds is 3. The Morgan fingerprint density at radius 2 is 1.67 bits per heavy atom. The molecule has 1 aromatic rings. The maximum absolute atomic E-state index is 11.7. The molecule has 0 saturated heterocycles. The molecule has 0 atom stereocenters. The van der Waals surface area contributed by atoms with Crippen LogP contribution >= 0.6 is 0 Å². The average molecular weight is 240 g/mol. The van der Waals surface area contributed by atoms with E-state index in [1.807, 2.05) is 0 Å². The van der Waals surface area contributed by atoms with Crippen LogP contribution in [0.3, 0.4) is 0 Å². The molecule has 0 radical (unpaired) electrons. The van der Waals surface area contributed by atoms with Gasteiger partial charge in [0.25, 0.3) is 10.1 Å². The van der Waals surface area contributed by atoms with E-state index in [4.69, 9.17) is 0 Å². The molecule has 0 aromatic heterocycles. The minimum atomic E-state index is -5.17. The lowest BCUT2D eigenvalue weighted by Gasteiger charge is -2.07. The van der Waals surface area contributed by atoms with Crippen LogP contribution in [0, 0.1) is 0 Å². The molecule has 1 rings (SSSR count). The molecule has 3 nitrogen and oxygen atoms in total. The summed E-state index contributed by atoms with van der Waals surface area (Å²) < 4.78 is 59.7. The minimum absolute atomic E-state index is 0.238. The standard InChI is InChI=1S/C8H7F3O3S/c9-8(10,11)14-15(12,13)6-7-4-2-1-3-5-7/h1-5H,6H2. The normalized spacial score (nSPS) is 12.7. The Morgan fingerprint density at radius 3 is 2.13 bits per heavy atom. The topological polar surface area (TPSA) is 43.4 Å². The van der Waals surface area contributed by atoms with Gasteiger partial charge in [0.05, 0.1) is 0 Å². The molecular formula is C8H7F3O3S. The largest absolute Gasteiger partial charge is 0.537 e. The van der Waals surface area contributed by atoms with Crippen molar-refractivity contribution in [1.82, 2.24) is 0 Å². The third-order valence-electron chi connectivity index (χ3n) is 1.41. The lowest BCUT2D eigenvalue weighted by Crippen LogP contribution is -2.20. The first-order valence-electron chi connectivity index (χ1n) is 3.82. The van der Waals surface area contributed by atoms with E-state index in [9.17, 15) is 21.6 Å². The summed E-state index contributed by atoms with van der Waals surface area (Å²) in [4.78, 5) is 0. The second kappa shape index (κ2) is 4.19. The number of halogens is 3. The SMILES string of the molecule is O=S(=O)(Cc1ccccc1)OC(F)(F)F. The third-order valence-corrected chi connectivity index (χ3v) is 2.54. The van der Waals surface area contributed by atoms with Gasteiger partial charge in [-0.2, -0.15) is 12.6 Å². The number of alkyl halides is 3. The molecule has 0 heterocycles. The summed E-state index contributed by atoms with van der Waals surface area (Å²) in [6, 6.07) is 7.48. The molecule has 0 saturated carbocycles. The van der Waals surface area contributed by atoms with Crippen molar-refractivity contribution in [3.63, 3.8) is 0 Å². The quantitative estimate of drug-likeness (QED) is 0.759. The van der Waals surface area contributed by atoms with Crippen LogP contribution < -0.4 is 0 Å². The molecule has 0 aliphatic heterocycles. The summed E-state index contributed by atoms with van der Waals surface area (Å²) in [5.41, 5.74) is 0.238. The Balaban J connectivity index is 2.74. The first kappa shape index (κ1) is 12.0. The number of hydrogen-bond acceptors (Lipinski definition) is 3. The average Bonchev–Trinajstić information content (AvgIpc) is 1.99. The predicted molar refractivity (Wildman–Crippen MR) is 46.2 cm³/mol. The van der Waals surface area contributed by atoms with Gasteiger partial charge in [0, 0.05) is 0 Å². The van der Waals surface area contributed by atoms with E-state index in [1.165, 1.54) is 24.3 Å². The molecule has 0 spiro atoms. The van der Waals surface area contributed by atoms with Crippen LogP contribution in [0.2, 0.25) is 0 Å². The second-order valence-electron chi connectivity index (χ2n) is 2.72. The van der Waals surface area contributed by atoms with Crippen molar-refractivity contribution in [2.75, 3.05) is 0 Å². The van der Waals surface area contributed by atoms with Crippen LogP contribution in [0.15, 0.2) is 30.3 Å². The Kier molecular flexibility index (Phi) is 3.35. The molecule has 1 aromatic carbocycles. The lowest BCUT2D eigenvalue weighted by atomic mass is 10.2. The van der Waals surface area contributed by atoms with Gasteiger partial charge < -0.3 is 0 Å². The third kappa shape index (κ3) is 4.80. The fourth-order valence-electron chi connectivity index (χ4n) is 0.952. The number of hydrogen-bond donors (Lipinski definition) is 0. The number of benzene rings is 1. The van der Waals surface area contributed by atoms with Gasteiger partial charge in [-0.25, -0.2) is 0 Å². The maximum Gasteiger partial charge on any atom is 0.537 e. The van der Waals surface area contributed by atoms with E-state index in [-0.39, 0.29) is 5.56 Å². The van der Waals surface area contributed by atoms with Crippen molar-refractivity contribution in [3.05, 3.63) is 35.9 Å². The first-order chi connectivity index (χ1) is 6.79. The van der Waals surface area contributed by atoms with Crippen LogP contribution in [0.5, 0.6) is 0 Å². The molecule has 0 N–H and O–H groups in total. The zero-order valence-electron chi connectivity index (χ0n) is 7.36. The highest BCUT2D eigenvalue weighted by Gasteiger charge is 2.36. The summed E-state index contributed by atoms with van der Waals surface area (Å²) >= 11 is 0. The van der Waals surface area contributed by atoms with Gasteiger partial charge in [0.1, 0.15) is 5.75 Å². The monoisotopic (exact) mass is 240 g/mol. The molecule has 0 fully saturated rings. The van der Waals surface area contributed by atoms with E-state index in [1.54, 1.807) is 6.07 Å². The lowest BCUT2D eigenvalue weighted by molar-refractivity contribution is -0.272. The molecule has 7 heteroatoms. The smallest absolute Gasteiger partial charge is 0.199 e. The van der Waals surface area contributed by atoms with Gasteiger partial charge in [-0.3, -0.25) is 0 Å². The van der Waals surface area contributed by atoms with Crippen LogP contribution in [0.1, 0.15) is 5.56 Å². The van der Waals surface area contributed by atoms with E-state index in [0.717, 1.165) is 0 Å². The molecule has 0 unspecified atom stereocenters. The summed E-state index contributed by atoms with van der Waals surface area (Å²) in [6.07, 6.45) is -5.17. The van der Waals surface area contributed by atoms with Crippen molar-refractivity contribution < 1.29 is 25.8 Å². The Labute approximate surface area is 84.6 Å². The first-order valence-corrected chi connectivity index (χ1v) is 5.40. The van der Waals surface area contributed by atoms with Gasteiger partial charge in [0.15, 0.2) is 0 Å².